The Kier molecular flexibility index (Phi) is 1.85. The Morgan fingerprint density at radius 1 is 1.42 bits per heavy atom. The molecule has 0 bridgehead atoms. The lowest BCUT2D eigenvalue weighted by molar-refractivity contribution is 0.0540. The Hall–Kier alpha value is -0.530. The minimum absolute atomic E-state index is 0.105. The molecule has 1 saturated carbocycles. The molecule has 0 aromatic heterocycles. The number of hydrogen-bond donors (Lipinski definition) is 0. The molecule has 0 aromatic rings. The van der Waals surface area contributed by atoms with Crippen molar-refractivity contribution in [2.45, 2.75) is 51.2 Å². The van der Waals surface area contributed by atoms with Crippen molar-refractivity contribution in [1.29, 1.82) is 0 Å². The van der Waals surface area contributed by atoms with Gasteiger partial charge in [0.25, 0.3) is 0 Å². The van der Waals surface area contributed by atoms with Crippen LogP contribution in [0.2, 0.25) is 0 Å². The molecule has 68 valence electrons. The minimum Gasteiger partial charge on any atom is -0.475 e. The summed E-state index contributed by atoms with van der Waals surface area (Å²) in [7, 11) is 0. The lowest BCUT2D eigenvalue weighted by Gasteiger charge is -2.30. The van der Waals surface area contributed by atoms with E-state index in [1.165, 1.54) is 25.7 Å². The first-order valence-corrected chi connectivity index (χ1v) is 4.94. The van der Waals surface area contributed by atoms with Gasteiger partial charge in [0.2, 0.25) is 0 Å². The Labute approximate surface area is 74.0 Å². The van der Waals surface area contributed by atoms with Crippen molar-refractivity contribution >= 4 is 6.40 Å². The highest BCUT2D eigenvalue weighted by Crippen LogP contribution is 2.42. The number of aliphatic imine (C=N–C) groups is 1. The van der Waals surface area contributed by atoms with Crippen LogP contribution in [0.4, 0.5) is 0 Å². The van der Waals surface area contributed by atoms with Crippen LogP contribution in [0.1, 0.15) is 39.5 Å². The van der Waals surface area contributed by atoms with Crippen LogP contribution in [0.3, 0.4) is 0 Å². The van der Waals surface area contributed by atoms with E-state index in [0.717, 1.165) is 0 Å². The molecule has 1 aliphatic carbocycles. The highest BCUT2D eigenvalue weighted by atomic mass is 16.5. The van der Waals surface area contributed by atoms with E-state index in [1.54, 1.807) is 6.40 Å². The third-order valence-electron chi connectivity index (χ3n) is 3.13. The molecule has 0 aromatic carbocycles. The highest BCUT2D eigenvalue weighted by molar-refractivity contribution is 5.51. The van der Waals surface area contributed by atoms with Gasteiger partial charge in [0.15, 0.2) is 6.40 Å². The monoisotopic (exact) mass is 167 g/mol. The quantitative estimate of drug-likeness (QED) is 0.587. The molecule has 12 heavy (non-hydrogen) atoms. The van der Waals surface area contributed by atoms with Gasteiger partial charge in [-0.05, 0) is 31.6 Å². The average molecular weight is 167 g/mol. The lowest BCUT2D eigenvalue weighted by Crippen LogP contribution is -2.39. The molecular formula is C10H17NO. The summed E-state index contributed by atoms with van der Waals surface area (Å²) in [5.41, 5.74) is 0.105. The molecule has 2 heteroatoms. The Bertz CT molecular complexity index is 192. The van der Waals surface area contributed by atoms with E-state index in [0.29, 0.717) is 12.0 Å². The van der Waals surface area contributed by atoms with Crippen LogP contribution >= 0.6 is 0 Å². The molecule has 1 aliphatic heterocycles. The van der Waals surface area contributed by atoms with Crippen LogP contribution in [0.15, 0.2) is 4.99 Å². The van der Waals surface area contributed by atoms with Gasteiger partial charge in [0.1, 0.15) is 5.60 Å². The van der Waals surface area contributed by atoms with Crippen molar-refractivity contribution in [3.8, 4) is 0 Å². The zero-order chi connectivity index (χ0) is 8.60. The number of ether oxygens (including phenoxy) is 1. The zero-order valence-corrected chi connectivity index (χ0v) is 7.92. The summed E-state index contributed by atoms with van der Waals surface area (Å²) in [4.78, 5) is 4.42. The third kappa shape index (κ3) is 1.05. The summed E-state index contributed by atoms with van der Waals surface area (Å²) < 4.78 is 5.68. The van der Waals surface area contributed by atoms with Gasteiger partial charge >= 0.3 is 0 Å². The molecule has 1 atom stereocenters. The van der Waals surface area contributed by atoms with E-state index >= 15 is 0 Å². The molecule has 0 amide bonds. The SMILES string of the molecule is CC(C)[C@H]1N=COC12CCCC2. The molecule has 0 unspecified atom stereocenters. The molecule has 0 saturated heterocycles. The fraction of sp³-hybridized carbons (Fsp3) is 0.900. The van der Waals surface area contributed by atoms with Crippen molar-refractivity contribution in [2.24, 2.45) is 10.9 Å². The first-order chi connectivity index (χ1) is 5.75. The van der Waals surface area contributed by atoms with Crippen LogP contribution in [0.25, 0.3) is 0 Å². The topological polar surface area (TPSA) is 21.6 Å². The highest BCUT2D eigenvalue weighted by Gasteiger charge is 2.46. The average Bonchev–Trinajstić information content (AvgIpc) is 2.61. The standard InChI is InChI=1S/C10H17NO/c1-8(2)9-10(12-7-11-9)5-3-4-6-10/h7-9H,3-6H2,1-2H3/t9-/m1/s1. The number of nitrogens with zero attached hydrogens (tertiary/aromatic N) is 1. The van der Waals surface area contributed by atoms with Gasteiger partial charge in [-0.25, -0.2) is 0 Å². The number of rotatable bonds is 1. The Morgan fingerprint density at radius 3 is 2.67 bits per heavy atom. The summed E-state index contributed by atoms with van der Waals surface area (Å²) in [6.45, 7) is 4.47. The first-order valence-electron chi connectivity index (χ1n) is 4.94. The second-order valence-electron chi connectivity index (χ2n) is 4.33. The van der Waals surface area contributed by atoms with Crippen molar-refractivity contribution in [3.05, 3.63) is 0 Å². The Balaban J connectivity index is 2.15. The lowest BCUT2D eigenvalue weighted by atomic mass is 9.86. The van der Waals surface area contributed by atoms with E-state index < -0.39 is 0 Å². The van der Waals surface area contributed by atoms with Crippen LogP contribution < -0.4 is 0 Å². The molecular weight excluding hydrogens is 150 g/mol. The van der Waals surface area contributed by atoms with Crippen molar-refractivity contribution in [3.63, 3.8) is 0 Å². The molecule has 1 fully saturated rings. The fourth-order valence-electron chi connectivity index (χ4n) is 2.57. The predicted molar refractivity (Wildman–Crippen MR) is 49.4 cm³/mol. The zero-order valence-electron chi connectivity index (χ0n) is 7.92. The molecule has 2 rings (SSSR count). The van der Waals surface area contributed by atoms with Gasteiger partial charge in [-0.15, -0.1) is 0 Å². The van der Waals surface area contributed by atoms with Crippen LogP contribution in [-0.4, -0.2) is 18.0 Å². The van der Waals surface area contributed by atoms with Gasteiger partial charge in [-0.2, -0.15) is 0 Å². The fourth-order valence-corrected chi connectivity index (χ4v) is 2.57. The van der Waals surface area contributed by atoms with Gasteiger partial charge in [-0.3, -0.25) is 4.99 Å². The summed E-state index contributed by atoms with van der Waals surface area (Å²) in [5.74, 6) is 0.613. The van der Waals surface area contributed by atoms with Gasteiger partial charge < -0.3 is 4.74 Å². The summed E-state index contributed by atoms with van der Waals surface area (Å²) >= 11 is 0. The van der Waals surface area contributed by atoms with E-state index in [2.05, 4.69) is 18.8 Å². The normalized spacial score (nSPS) is 31.8. The number of hydrogen-bond acceptors (Lipinski definition) is 2. The van der Waals surface area contributed by atoms with Crippen LogP contribution in [-0.2, 0) is 4.74 Å². The summed E-state index contributed by atoms with van der Waals surface area (Å²) in [5, 5.41) is 0. The van der Waals surface area contributed by atoms with Crippen molar-refractivity contribution in [2.75, 3.05) is 0 Å². The first kappa shape index (κ1) is 8.09. The van der Waals surface area contributed by atoms with E-state index in [4.69, 9.17) is 4.74 Å². The maximum atomic E-state index is 5.68. The largest absolute Gasteiger partial charge is 0.475 e. The third-order valence-corrected chi connectivity index (χ3v) is 3.13. The van der Waals surface area contributed by atoms with Gasteiger partial charge in [-0.1, -0.05) is 13.8 Å². The molecule has 1 heterocycles. The molecule has 2 aliphatic rings. The summed E-state index contributed by atoms with van der Waals surface area (Å²) in [6, 6.07) is 0.417. The Morgan fingerprint density at radius 2 is 2.08 bits per heavy atom. The van der Waals surface area contributed by atoms with E-state index in [9.17, 15) is 0 Å². The summed E-state index contributed by atoms with van der Waals surface area (Å²) in [6.07, 6.45) is 6.71. The van der Waals surface area contributed by atoms with Crippen LogP contribution in [0, 0.1) is 5.92 Å². The smallest absolute Gasteiger partial charge is 0.170 e. The van der Waals surface area contributed by atoms with Gasteiger partial charge in [0.05, 0.1) is 6.04 Å². The molecule has 0 N–H and O–H groups in total. The van der Waals surface area contributed by atoms with E-state index in [1.807, 2.05) is 0 Å². The van der Waals surface area contributed by atoms with Crippen LogP contribution in [0.5, 0.6) is 0 Å². The minimum atomic E-state index is 0.105. The van der Waals surface area contributed by atoms with Crippen molar-refractivity contribution < 1.29 is 4.74 Å². The second-order valence-corrected chi connectivity index (χ2v) is 4.33. The molecule has 2 nitrogen and oxygen atoms in total. The second kappa shape index (κ2) is 2.75. The molecule has 1 spiro atoms. The molecule has 0 radical (unpaired) electrons. The van der Waals surface area contributed by atoms with E-state index in [-0.39, 0.29) is 5.60 Å². The predicted octanol–water partition coefficient (Wildman–Crippen LogP) is 2.38. The van der Waals surface area contributed by atoms with Gasteiger partial charge in [0, 0.05) is 0 Å². The van der Waals surface area contributed by atoms with Crippen molar-refractivity contribution in [1.82, 2.24) is 0 Å². The maximum absolute atomic E-state index is 5.68. The maximum Gasteiger partial charge on any atom is 0.170 e.